The predicted octanol–water partition coefficient (Wildman–Crippen LogP) is 4.96. The number of allylic oxidation sites excluding steroid dienone is 2. The molecule has 0 bridgehead atoms. The molecule has 7 heteroatoms. The molecule has 0 unspecified atom stereocenters. The van der Waals surface area contributed by atoms with E-state index in [-0.39, 0.29) is 17.7 Å². The summed E-state index contributed by atoms with van der Waals surface area (Å²) in [5.74, 6) is 0.290. The van der Waals surface area contributed by atoms with Crippen molar-refractivity contribution in [2.24, 2.45) is 5.92 Å². The summed E-state index contributed by atoms with van der Waals surface area (Å²) in [5, 5.41) is 13.8. The van der Waals surface area contributed by atoms with Crippen LogP contribution in [0.1, 0.15) is 48.5 Å². The average Bonchev–Trinajstić information content (AvgIpc) is 3.28. The van der Waals surface area contributed by atoms with Crippen LogP contribution in [0.25, 0.3) is 10.2 Å². The Labute approximate surface area is 160 Å². The number of para-hydroxylation sites is 1. The lowest BCUT2D eigenvalue weighted by Crippen LogP contribution is -2.29. The number of fused-ring (bicyclic) bond motifs is 1. The van der Waals surface area contributed by atoms with Crippen molar-refractivity contribution >= 4 is 43.9 Å². The Morgan fingerprint density at radius 1 is 1.15 bits per heavy atom. The van der Waals surface area contributed by atoms with Crippen LogP contribution in [-0.4, -0.2) is 21.1 Å². The van der Waals surface area contributed by atoms with E-state index in [0.717, 1.165) is 28.4 Å². The SMILES string of the molecule is CC(C)c1nnc(NC(=O)[C@@H]2CC=CC[C@H]2c2nc3ccccc3s2)s1. The van der Waals surface area contributed by atoms with Gasteiger partial charge in [0.1, 0.15) is 5.01 Å². The largest absolute Gasteiger partial charge is 0.300 e. The van der Waals surface area contributed by atoms with Crippen LogP contribution in [0.4, 0.5) is 5.13 Å². The third-order valence-electron chi connectivity index (χ3n) is 4.56. The van der Waals surface area contributed by atoms with Crippen molar-refractivity contribution in [3.63, 3.8) is 0 Å². The van der Waals surface area contributed by atoms with E-state index >= 15 is 0 Å². The number of hydrogen-bond acceptors (Lipinski definition) is 6. The second-order valence-corrected chi connectivity index (χ2v) is 8.84. The molecule has 26 heavy (non-hydrogen) atoms. The predicted molar refractivity (Wildman–Crippen MR) is 107 cm³/mol. The Balaban J connectivity index is 1.56. The van der Waals surface area contributed by atoms with Crippen LogP contribution in [0, 0.1) is 5.92 Å². The Hall–Kier alpha value is -2.12. The Morgan fingerprint density at radius 3 is 2.73 bits per heavy atom. The maximum atomic E-state index is 12.9. The highest BCUT2D eigenvalue weighted by Gasteiger charge is 2.32. The van der Waals surface area contributed by atoms with E-state index in [4.69, 9.17) is 4.98 Å². The van der Waals surface area contributed by atoms with Crippen molar-refractivity contribution in [1.82, 2.24) is 15.2 Å². The zero-order valence-electron chi connectivity index (χ0n) is 14.7. The van der Waals surface area contributed by atoms with Crippen molar-refractivity contribution in [3.8, 4) is 0 Å². The quantitative estimate of drug-likeness (QED) is 0.646. The number of nitrogens with one attached hydrogen (secondary N) is 1. The van der Waals surface area contributed by atoms with E-state index < -0.39 is 0 Å². The number of thiazole rings is 1. The Kier molecular flexibility index (Phi) is 4.82. The molecule has 0 saturated heterocycles. The summed E-state index contributed by atoms with van der Waals surface area (Å²) >= 11 is 3.14. The molecule has 4 rings (SSSR count). The van der Waals surface area contributed by atoms with Gasteiger partial charge in [-0.15, -0.1) is 21.5 Å². The van der Waals surface area contributed by atoms with Gasteiger partial charge in [-0.05, 0) is 25.0 Å². The van der Waals surface area contributed by atoms with E-state index in [2.05, 4.69) is 47.6 Å². The lowest BCUT2D eigenvalue weighted by Gasteiger charge is -2.25. The van der Waals surface area contributed by atoms with Crippen LogP contribution >= 0.6 is 22.7 Å². The zero-order valence-corrected chi connectivity index (χ0v) is 16.3. The normalized spacial score (nSPS) is 20.0. The van der Waals surface area contributed by atoms with Crippen LogP contribution in [0.5, 0.6) is 0 Å². The first-order valence-corrected chi connectivity index (χ1v) is 10.4. The molecular weight excluding hydrogens is 364 g/mol. The Bertz CT molecular complexity index is 926. The third kappa shape index (κ3) is 3.41. The molecule has 0 aliphatic heterocycles. The molecule has 2 atom stereocenters. The van der Waals surface area contributed by atoms with Crippen molar-refractivity contribution in [2.75, 3.05) is 5.32 Å². The number of anilines is 1. The number of carbonyl (C=O) groups excluding carboxylic acids is 1. The summed E-state index contributed by atoms with van der Waals surface area (Å²) in [6, 6.07) is 8.13. The highest BCUT2D eigenvalue weighted by atomic mass is 32.1. The van der Waals surface area contributed by atoms with Crippen molar-refractivity contribution < 1.29 is 4.79 Å². The minimum absolute atomic E-state index is 0.00469. The second-order valence-electron chi connectivity index (χ2n) is 6.77. The fourth-order valence-corrected chi connectivity index (χ4v) is 5.04. The van der Waals surface area contributed by atoms with Gasteiger partial charge in [-0.25, -0.2) is 4.98 Å². The smallest absolute Gasteiger partial charge is 0.230 e. The van der Waals surface area contributed by atoms with E-state index in [1.807, 2.05) is 18.2 Å². The number of amides is 1. The fourth-order valence-electron chi connectivity index (χ4n) is 3.14. The van der Waals surface area contributed by atoms with Gasteiger partial charge < -0.3 is 5.32 Å². The number of benzene rings is 1. The standard InChI is InChI=1S/C19H20N4OS2/c1-11(2)17-22-23-19(26-17)21-16(24)12-7-3-4-8-13(12)18-20-14-9-5-6-10-15(14)25-18/h3-6,9-13H,7-8H2,1-2H3,(H,21,23,24)/t12-,13-/m1/s1. The molecule has 1 amide bonds. The second kappa shape index (κ2) is 7.25. The van der Waals surface area contributed by atoms with Crippen LogP contribution in [-0.2, 0) is 4.79 Å². The molecule has 5 nitrogen and oxygen atoms in total. The van der Waals surface area contributed by atoms with Gasteiger partial charge in [0.25, 0.3) is 0 Å². The van der Waals surface area contributed by atoms with Gasteiger partial charge in [-0.2, -0.15) is 0 Å². The molecule has 2 aromatic heterocycles. The maximum absolute atomic E-state index is 12.9. The lowest BCUT2D eigenvalue weighted by molar-refractivity contribution is -0.120. The van der Waals surface area contributed by atoms with Gasteiger partial charge in [-0.3, -0.25) is 4.79 Å². The molecule has 1 aliphatic carbocycles. The fraction of sp³-hybridized carbons (Fsp3) is 0.368. The van der Waals surface area contributed by atoms with Gasteiger partial charge in [0.15, 0.2) is 0 Å². The molecule has 0 spiro atoms. The summed E-state index contributed by atoms with van der Waals surface area (Å²) in [6.07, 6.45) is 5.81. The minimum Gasteiger partial charge on any atom is -0.300 e. The number of hydrogen-bond donors (Lipinski definition) is 1. The topological polar surface area (TPSA) is 67.8 Å². The van der Waals surface area contributed by atoms with Crippen LogP contribution in [0.2, 0.25) is 0 Å². The number of carbonyl (C=O) groups is 1. The molecule has 1 N–H and O–H groups in total. The monoisotopic (exact) mass is 384 g/mol. The van der Waals surface area contributed by atoms with Crippen LogP contribution in [0.15, 0.2) is 36.4 Å². The van der Waals surface area contributed by atoms with Crippen LogP contribution < -0.4 is 5.32 Å². The molecule has 0 fully saturated rings. The van der Waals surface area contributed by atoms with E-state index in [0.29, 0.717) is 11.0 Å². The van der Waals surface area contributed by atoms with Gasteiger partial charge in [0, 0.05) is 11.8 Å². The summed E-state index contributed by atoms with van der Waals surface area (Å²) < 4.78 is 1.17. The highest BCUT2D eigenvalue weighted by molar-refractivity contribution is 7.18. The summed E-state index contributed by atoms with van der Waals surface area (Å²) in [5.41, 5.74) is 1.01. The molecule has 134 valence electrons. The van der Waals surface area contributed by atoms with Crippen molar-refractivity contribution in [1.29, 1.82) is 0 Å². The van der Waals surface area contributed by atoms with Crippen LogP contribution in [0.3, 0.4) is 0 Å². The van der Waals surface area contributed by atoms with Gasteiger partial charge in [0.05, 0.1) is 21.1 Å². The number of nitrogens with zero attached hydrogens (tertiary/aromatic N) is 3. The first-order chi connectivity index (χ1) is 12.6. The molecule has 0 saturated carbocycles. The number of aromatic nitrogens is 3. The molecule has 1 aromatic carbocycles. The Morgan fingerprint density at radius 2 is 1.96 bits per heavy atom. The van der Waals surface area contributed by atoms with Gasteiger partial charge in [0.2, 0.25) is 11.0 Å². The number of rotatable bonds is 4. The first-order valence-electron chi connectivity index (χ1n) is 8.76. The molecule has 0 radical (unpaired) electrons. The van der Waals surface area contributed by atoms with Crippen molar-refractivity contribution in [2.45, 2.75) is 38.5 Å². The highest BCUT2D eigenvalue weighted by Crippen LogP contribution is 2.39. The molecular formula is C19H20N4OS2. The van der Waals surface area contributed by atoms with E-state index in [9.17, 15) is 4.79 Å². The average molecular weight is 385 g/mol. The summed E-state index contributed by atoms with van der Waals surface area (Å²) in [4.78, 5) is 17.7. The zero-order chi connectivity index (χ0) is 18.1. The minimum atomic E-state index is -0.132. The van der Waals surface area contributed by atoms with E-state index in [1.54, 1.807) is 11.3 Å². The maximum Gasteiger partial charge on any atom is 0.230 e. The van der Waals surface area contributed by atoms with Gasteiger partial charge >= 0.3 is 0 Å². The van der Waals surface area contributed by atoms with Gasteiger partial charge in [-0.1, -0.05) is 49.5 Å². The summed E-state index contributed by atoms with van der Waals surface area (Å²) in [7, 11) is 0. The first kappa shape index (κ1) is 17.3. The van der Waals surface area contributed by atoms with Crippen molar-refractivity contribution in [3.05, 3.63) is 46.4 Å². The molecule has 3 aromatic rings. The molecule has 1 aliphatic rings. The van der Waals surface area contributed by atoms with E-state index in [1.165, 1.54) is 16.0 Å². The third-order valence-corrected chi connectivity index (χ3v) is 6.87. The lowest BCUT2D eigenvalue weighted by atomic mass is 9.83. The summed E-state index contributed by atoms with van der Waals surface area (Å²) in [6.45, 7) is 4.14. The molecule has 2 heterocycles.